The lowest BCUT2D eigenvalue weighted by atomic mass is 9.86. The summed E-state index contributed by atoms with van der Waals surface area (Å²) in [5, 5.41) is 13.2. The van der Waals surface area contributed by atoms with Crippen molar-refractivity contribution in [2.75, 3.05) is 6.61 Å². The molecule has 0 fully saturated rings. The van der Waals surface area contributed by atoms with Crippen molar-refractivity contribution in [3.8, 4) is 17.6 Å². The highest BCUT2D eigenvalue weighted by Crippen LogP contribution is 2.31. The van der Waals surface area contributed by atoms with Gasteiger partial charge in [-0.3, -0.25) is 4.79 Å². The molecule has 0 saturated heterocycles. The summed E-state index contributed by atoms with van der Waals surface area (Å²) in [6.07, 6.45) is 0. The van der Waals surface area contributed by atoms with E-state index >= 15 is 0 Å². The van der Waals surface area contributed by atoms with E-state index in [4.69, 9.17) is 4.74 Å². The summed E-state index contributed by atoms with van der Waals surface area (Å²) in [5.74, 6) is 4.11. The molecule has 2 aromatic carbocycles. The lowest BCUT2D eigenvalue weighted by molar-refractivity contribution is -0.142. The molecule has 0 aromatic heterocycles. The van der Waals surface area contributed by atoms with Crippen LogP contribution < -0.4 is 10.1 Å². The molecule has 0 bridgehead atoms. The number of carbonyl (C=O) groups excluding carboxylic acids is 1. The zero-order valence-corrected chi connectivity index (χ0v) is 18.2. The maximum atomic E-state index is 13.6. The number of carboxylic acid groups (broad SMARTS) is 1. The molecule has 2 aromatic rings. The smallest absolute Gasteiger partial charge is 0.326 e. The Bertz CT molecular complexity index is 1020. The fourth-order valence-corrected chi connectivity index (χ4v) is 2.87. The van der Waals surface area contributed by atoms with E-state index < -0.39 is 29.2 Å². The number of ether oxygens (including phenoxy) is 1. The molecule has 0 radical (unpaired) electrons. The highest BCUT2D eigenvalue weighted by atomic mass is 19.1. The number of carboxylic acids is 1. The number of halogens is 1. The predicted octanol–water partition coefficient (Wildman–Crippen LogP) is 4.64. The van der Waals surface area contributed by atoms with Crippen molar-refractivity contribution in [2.45, 2.75) is 47.6 Å². The van der Waals surface area contributed by atoms with Crippen molar-refractivity contribution in [1.82, 2.24) is 5.32 Å². The average Bonchev–Trinajstić information content (AvgIpc) is 2.60. The normalized spacial score (nSPS) is 12.6. The largest absolute Gasteiger partial charge is 0.480 e. The SMILES string of the molecule is CC(C)(C)C#CCOc1c(C(=O)N[C@H](C(=O)O)C(C)(C)C)ccc2cc(F)ccc12. The molecule has 0 unspecified atom stereocenters. The van der Waals surface area contributed by atoms with E-state index in [0.29, 0.717) is 10.8 Å². The molecule has 6 heteroatoms. The van der Waals surface area contributed by atoms with Gasteiger partial charge in [-0.2, -0.15) is 0 Å². The Morgan fingerprint density at radius 1 is 1.13 bits per heavy atom. The maximum Gasteiger partial charge on any atom is 0.326 e. The van der Waals surface area contributed by atoms with Crippen LogP contribution in [0.1, 0.15) is 51.9 Å². The lowest BCUT2D eigenvalue weighted by Crippen LogP contribution is -2.49. The lowest BCUT2D eigenvalue weighted by Gasteiger charge is -2.28. The van der Waals surface area contributed by atoms with Gasteiger partial charge in [0, 0.05) is 10.8 Å². The molecule has 2 N–H and O–H groups in total. The van der Waals surface area contributed by atoms with Crippen molar-refractivity contribution in [1.29, 1.82) is 0 Å². The number of nitrogens with one attached hydrogen (secondary N) is 1. The number of fused-ring (bicyclic) bond motifs is 1. The first kappa shape index (κ1) is 23.2. The van der Waals surface area contributed by atoms with Crippen molar-refractivity contribution in [3.63, 3.8) is 0 Å². The zero-order chi connectivity index (χ0) is 22.7. The van der Waals surface area contributed by atoms with Crippen LogP contribution in [0.2, 0.25) is 0 Å². The Balaban J connectivity index is 2.47. The molecule has 1 amide bonds. The minimum Gasteiger partial charge on any atom is -0.480 e. The van der Waals surface area contributed by atoms with E-state index in [1.54, 1.807) is 26.8 Å². The monoisotopic (exact) mass is 413 g/mol. The van der Waals surface area contributed by atoms with E-state index in [-0.39, 0.29) is 23.3 Å². The summed E-state index contributed by atoms with van der Waals surface area (Å²) in [5.41, 5.74) is -0.727. The molecule has 2 rings (SSSR count). The highest BCUT2D eigenvalue weighted by molar-refractivity contribution is 6.05. The number of aliphatic carboxylic acids is 1. The quantitative estimate of drug-likeness (QED) is 0.701. The Morgan fingerprint density at radius 2 is 1.80 bits per heavy atom. The Morgan fingerprint density at radius 3 is 2.37 bits per heavy atom. The maximum absolute atomic E-state index is 13.6. The van der Waals surface area contributed by atoms with Crippen LogP contribution in [-0.4, -0.2) is 29.6 Å². The van der Waals surface area contributed by atoms with Crippen LogP contribution in [0.25, 0.3) is 10.8 Å². The van der Waals surface area contributed by atoms with Crippen molar-refractivity contribution in [2.24, 2.45) is 10.8 Å². The van der Waals surface area contributed by atoms with Gasteiger partial charge in [0.2, 0.25) is 0 Å². The van der Waals surface area contributed by atoms with Crippen molar-refractivity contribution < 1.29 is 23.8 Å². The molecule has 0 aliphatic rings. The van der Waals surface area contributed by atoms with Gasteiger partial charge in [0.1, 0.15) is 24.2 Å². The number of rotatable bonds is 5. The van der Waals surface area contributed by atoms with Crippen molar-refractivity contribution in [3.05, 3.63) is 41.7 Å². The fourth-order valence-electron chi connectivity index (χ4n) is 2.87. The van der Waals surface area contributed by atoms with Gasteiger partial charge in [-0.05, 0) is 55.8 Å². The predicted molar refractivity (Wildman–Crippen MR) is 115 cm³/mol. The second-order valence-electron chi connectivity index (χ2n) is 9.26. The first-order valence-electron chi connectivity index (χ1n) is 9.68. The third-order valence-electron chi connectivity index (χ3n) is 4.32. The van der Waals surface area contributed by atoms with Gasteiger partial charge in [-0.25, -0.2) is 9.18 Å². The Labute approximate surface area is 176 Å². The molecule has 30 heavy (non-hydrogen) atoms. The van der Waals surface area contributed by atoms with Gasteiger partial charge in [-0.1, -0.05) is 38.7 Å². The second kappa shape index (κ2) is 8.74. The zero-order valence-electron chi connectivity index (χ0n) is 18.2. The topological polar surface area (TPSA) is 75.6 Å². The van der Waals surface area contributed by atoms with Crippen LogP contribution in [0.15, 0.2) is 30.3 Å². The molecule has 5 nitrogen and oxygen atoms in total. The van der Waals surface area contributed by atoms with E-state index in [1.165, 1.54) is 24.3 Å². The summed E-state index contributed by atoms with van der Waals surface area (Å²) in [7, 11) is 0. The number of hydrogen-bond acceptors (Lipinski definition) is 3. The first-order chi connectivity index (χ1) is 13.8. The summed E-state index contributed by atoms with van der Waals surface area (Å²) in [6.45, 7) is 11.1. The number of hydrogen-bond donors (Lipinski definition) is 2. The van der Waals surface area contributed by atoms with Crippen LogP contribution in [0, 0.1) is 28.5 Å². The molecule has 0 aliphatic heterocycles. The summed E-state index contributed by atoms with van der Waals surface area (Å²) in [4.78, 5) is 24.6. The minimum atomic E-state index is -1.13. The van der Waals surface area contributed by atoms with Gasteiger partial charge >= 0.3 is 5.97 Å². The molecule has 0 spiro atoms. The average molecular weight is 413 g/mol. The van der Waals surface area contributed by atoms with Gasteiger partial charge in [0.15, 0.2) is 0 Å². The van der Waals surface area contributed by atoms with Crippen LogP contribution >= 0.6 is 0 Å². The second-order valence-corrected chi connectivity index (χ2v) is 9.26. The van der Waals surface area contributed by atoms with E-state index in [0.717, 1.165) is 0 Å². The number of amides is 1. The Hall–Kier alpha value is -3.07. The standard InChI is InChI=1S/C24H28FNO4/c1-23(2,3)12-7-13-30-19-17-11-9-16(25)14-15(17)8-10-18(19)21(27)26-20(22(28)29)24(4,5)6/h8-11,14,20H,13H2,1-6H3,(H,26,27)(H,28,29)/t20-/m1/s1. The minimum absolute atomic E-state index is 0.0374. The first-order valence-corrected chi connectivity index (χ1v) is 9.68. The van der Waals surface area contributed by atoms with Gasteiger partial charge in [-0.15, -0.1) is 0 Å². The number of benzene rings is 2. The molecule has 0 saturated carbocycles. The summed E-state index contributed by atoms with van der Waals surface area (Å²) < 4.78 is 19.5. The van der Waals surface area contributed by atoms with E-state index in [1.807, 2.05) is 20.8 Å². The Kier molecular flexibility index (Phi) is 6.77. The van der Waals surface area contributed by atoms with Gasteiger partial charge < -0.3 is 15.2 Å². The van der Waals surface area contributed by atoms with Crippen LogP contribution in [-0.2, 0) is 4.79 Å². The third kappa shape index (κ3) is 5.96. The molecular formula is C24H28FNO4. The third-order valence-corrected chi connectivity index (χ3v) is 4.32. The van der Waals surface area contributed by atoms with Crippen LogP contribution in [0.4, 0.5) is 4.39 Å². The van der Waals surface area contributed by atoms with Crippen LogP contribution in [0.3, 0.4) is 0 Å². The molecular weight excluding hydrogens is 385 g/mol. The van der Waals surface area contributed by atoms with E-state index in [2.05, 4.69) is 17.2 Å². The van der Waals surface area contributed by atoms with Crippen LogP contribution in [0.5, 0.6) is 5.75 Å². The van der Waals surface area contributed by atoms with Crippen molar-refractivity contribution >= 4 is 22.6 Å². The molecule has 160 valence electrons. The fraction of sp³-hybridized carbons (Fsp3) is 0.417. The summed E-state index contributed by atoms with van der Waals surface area (Å²) in [6, 6.07) is 6.18. The number of carbonyl (C=O) groups is 2. The van der Waals surface area contributed by atoms with Gasteiger partial charge in [0.25, 0.3) is 5.91 Å². The molecule has 1 atom stereocenters. The highest BCUT2D eigenvalue weighted by Gasteiger charge is 2.33. The molecule has 0 aliphatic carbocycles. The van der Waals surface area contributed by atoms with Gasteiger partial charge in [0.05, 0.1) is 5.56 Å². The molecule has 0 heterocycles. The van der Waals surface area contributed by atoms with E-state index in [9.17, 15) is 19.1 Å². The summed E-state index contributed by atoms with van der Waals surface area (Å²) >= 11 is 0.